The Labute approximate surface area is 159 Å². The lowest BCUT2D eigenvalue weighted by Gasteiger charge is -2.17. The number of hydrogen-bond acceptors (Lipinski definition) is 4. The zero-order valence-electron chi connectivity index (χ0n) is 16.0. The predicted octanol–water partition coefficient (Wildman–Crippen LogP) is 4.95. The van der Waals surface area contributed by atoms with Gasteiger partial charge in [-0.25, -0.2) is 9.97 Å². The molecule has 0 unspecified atom stereocenters. The molecule has 0 spiro atoms. The fourth-order valence-electron chi connectivity index (χ4n) is 2.50. The minimum Gasteiger partial charge on any atom is -0.493 e. The molecule has 3 aromatic rings. The highest BCUT2D eigenvalue weighted by atomic mass is 35.5. The van der Waals surface area contributed by atoms with Crippen LogP contribution in [0, 0.1) is 6.92 Å². The second kappa shape index (κ2) is 8.52. The number of ether oxygens (including phenoxy) is 1. The molecule has 0 aliphatic rings. The fraction of sp³-hybridized carbons (Fsp3) is 0.400. The van der Waals surface area contributed by atoms with Crippen LogP contribution < -0.4 is 4.74 Å². The van der Waals surface area contributed by atoms with Crippen molar-refractivity contribution in [2.24, 2.45) is 0 Å². The minimum atomic E-state index is -0.724. The number of aliphatic hydroxyl groups is 1. The van der Waals surface area contributed by atoms with E-state index in [4.69, 9.17) is 16.3 Å². The maximum absolute atomic E-state index is 9.71. The number of fused-ring (bicyclic) bond motifs is 1. The van der Waals surface area contributed by atoms with Gasteiger partial charge in [-0.1, -0.05) is 25.4 Å². The summed E-state index contributed by atoms with van der Waals surface area (Å²) in [6.07, 6.45) is 4.04. The average Bonchev–Trinajstić information content (AvgIpc) is 2.95. The Hall–Kier alpha value is -2.11. The molecule has 2 aromatic heterocycles. The fourth-order valence-corrected chi connectivity index (χ4v) is 2.73. The van der Waals surface area contributed by atoms with E-state index >= 15 is 0 Å². The van der Waals surface area contributed by atoms with Crippen molar-refractivity contribution in [3.05, 3.63) is 47.5 Å². The van der Waals surface area contributed by atoms with Crippen LogP contribution in [0.5, 0.6) is 5.75 Å². The standard InChI is InChI=1S/C18H20ClN3O2.C2H6/c1-12-10-22(16-15(12)20-11-21-17(16)19)13-4-6-14(7-5-13)24-9-8-18(2,3)23;1-2/h4-7,10-11,23H,8-9H2,1-3H3;1-2H3. The highest BCUT2D eigenvalue weighted by Gasteiger charge is 2.13. The average molecular weight is 376 g/mol. The molecule has 0 aliphatic carbocycles. The number of rotatable bonds is 5. The molecule has 0 radical (unpaired) electrons. The molecule has 2 heterocycles. The number of aromatic nitrogens is 3. The number of nitrogens with zero attached hydrogens (tertiary/aromatic N) is 3. The zero-order valence-corrected chi connectivity index (χ0v) is 16.7. The van der Waals surface area contributed by atoms with Gasteiger partial charge in [0, 0.05) is 18.3 Å². The Morgan fingerprint density at radius 1 is 1.15 bits per heavy atom. The zero-order chi connectivity index (χ0) is 19.3. The third-order valence-corrected chi connectivity index (χ3v) is 4.09. The van der Waals surface area contributed by atoms with Crippen LogP contribution in [-0.4, -0.2) is 31.8 Å². The van der Waals surface area contributed by atoms with Gasteiger partial charge in [0.15, 0.2) is 5.15 Å². The van der Waals surface area contributed by atoms with Crippen LogP contribution >= 0.6 is 11.6 Å². The Morgan fingerprint density at radius 2 is 1.81 bits per heavy atom. The van der Waals surface area contributed by atoms with Crippen molar-refractivity contribution in [3.63, 3.8) is 0 Å². The quantitative estimate of drug-likeness (QED) is 0.641. The van der Waals surface area contributed by atoms with Gasteiger partial charge in [-0.15, -0.1) is 0 Å². The molecule has 26 heavy (non-hydrogen) atoms. The minimum absolute atomic E-state index is 0.429. The monoisotopic (exact) mass is 375 g/mol. The molecule has 0 fully saturated rings. The summed E-state index contributed by atoms with van der Waals surface area (Å²) in [6, 6.07) is 7.72. The molecule has 0 saturated heterocycles. The van der Waals surface area contributed by atoms with E-state index in [-0.39, 0.29) is 0 Å². The molecule has 140 valence electrons. The summed E-state index contributed by atoms with van der Waals surface area (Å²) in [5.41, 5.74) is 2.92. The van der Waals surface area contributed by atoms with Crippen LogP contribution in [-0.2, 0) is 0 Å². The highest BCUT2D eigenvalue weighted by Crippen LogP contribution is 2.28. The van der Waals surface area contributed by atoms with Crippen molar-refractivity contribution in [2.45, 2.75) is 46.6 Å². The first-order valence-electron chi connectivity index (χ1n) is 8.79. The number of hydrogen-bond donors (Lipinski definition) is 1. The molecular weight excluding hydrogens is 350 g/mol. The normalized spacial score (nSPS) is 11.2. The van der Waals surface area contributed by atoms with Crippen molar-refractivity contribution in [3.8, 4) is 11.4 Å². The van der Waals surface area contributed by atoms with Crippen molar-refractivity contribution in [1.82, 2.24) is 14.5 Å². The number of benzene rings is 1. The van der Waals surface area contributed by atoms with Crippen LogP contribution in [0.15, 0.2) is 36.8 Å². The smallest absolute Gasteiger partial charge is 0.157 e. The molecular formula is C20H26ClN3O2. The van der Waals surface area contributed by atoms with Gasteiger partial charge < -0.3 is 14.4 Å². The van der Waals surface area contributed by atoms with Gasteiger partial charge in [0.2, 0.25) is 0 Å². The van der Waals surface area contributed by atoms with Crippen molar-refractivity contribution >= 4 is 22.6 Å². The number of halogens is 1. The first kappa shape index (κ1) is 20.2. The van der Waals surface area contributed by atoms with Gasteiger partial charge in [0.05, 0.1) is 17.7 Å². The summed E-state index contributed by atoms with van der Waals surface area (Å²) >= 11 is 6.25. The van der Waals surface area contributed by atoms with E-state index in [1.54, 1.807) is 13.8 Å². The lowest BCUT2D eigenvalue weighted by molar-refractivity contribution is 0.0553. The van der Waals surface area contributed by atoms with E-state index in [0.717, 1.165) is 28.0 Å². The summed E-state index contributed by atoms with van der Waals surface area (Å²) in [4.78, 5) is 8.38. The number of aryl methyl sites for hydroxylation is 1. The van der Waals surface area contributed by atoms with E-state index in [2.05, 4.69) is 9.97 Å². The Balaban J connectivity index is 0.00000117. The first-order valence-corrected chi connectivity index (χ1v) is 9.17. The molecule has 0 amide bonds. The lowest BCUT2D eigenvalue weighted by atomic mass is 10.1. The molecule has 3 rings (SSSR count). The van der Waals surface area contributed by atoms with Gasteiger partial charge in [-0.05, 0) is 50.6 Å². The second-order valence-electron chi connectivity index (χ2n) is 6.45. The molecule has 1 N–H and O–H groups in total. The Morgan fingerprint density at radius 3 is 2.42 bits per heavy atom. The van der Waals surface area contributed by atoms with Gasteiger partial charge >= 0.3 is 0 Å². The van der Waals surface area contributed by atoms with E-state index < -0.39 is 5.60 Å². The van der Waals surface area contributed by atoms with Crippen LogP contribution in [0.25, 0.3) is 16.7 Å². The molecule has 1 aromatic carbocycles. The predicted molar refractivity (Wildman–Crippen MR) is 106 cm³/mol. The Bertz CT molecular complexity index is 852. The van der Waals surface area contributed by atoms with Crippen LogP contribution in [0.4, 0.5) is 0 Å². The first-order chi connectivity index (χ1) is 12.3. The highest BCUT2D eigenvalue weighted by molar-refractivity contribution is 6.33. The van der Waals surface area contributed by atoms with E-state index in [1.807, 2.05) is 55.8 Å². The Kier molecular flexibility index (Phi) is 6.62. The summed E-state index contributed by atoms with van der Waals surface area (Å²) in [5, 5.41) is 10.1. The van der Waals surface area contributed by atoms with Crippen LogP contribution in [0.1, 0.15) is 39.7 Å². The van der Waals surface area contributed by atoms with Crippen LogP contribution in [0.2, 0.25) is 5.15 Å². The lowest BCUT2D eigenvalue weighted by Crippen LogP contribution is -2.21. The largest absolute Gasteiger partial charge is 0.493 e. The molecule has 0 bridgehead atoms. The topological polar surface area (TPSA) is 60.2 Å². The third-order valence-electron chi connectivity index (χ3n) is 3.81. The maximum atomic E-state index is 9.71. The molecule has 5 nitrogen and oxygen atoms in total. The van der Waals surface area contributed by atoms with E-state index in [0.29, 0.717) is 18.2 Å². The van der Waals surface area contributed by atoms with E-state index in [9.17, 15) is 5.11 Å². The summed E-state index contributed by atoms with van der Waals surface area (Å²) < 4.78 is 7.65. The second-order valence-corrected chi connectivity index (χ2v) is 6.81. The maximum Gasteiger partial charge on any atom is 0.157 e. The van der Waals surface area contributed by atoms with Crippen LogP contribution in [0.3, 0.4) is 0 Å². The van der Waals surface area contributed by atoms with E-state index in [1.165, 1.54) is 6.33 Å². The SMILES string of the molecule is CC.Cc1cn(-c2ccc(OCCC(C)(C)O)cc2)c2c(Cl)ncnc12. The van der Waals surface area contributed by atoms with Gasteiger partial charge in [0.25, 0.3) is 0 Å². The van der Waals surface area contributed by atoms with Crippen molar-refractivity contribution in [1.29, 1.82) is 0 Å². The molecule has 0 atom stereocenters. The molecule has 6 heteroatoms. The third kappa shape index (κ3) is 4.74. The van der Waals surface area contributed by atoms with Crippen molar-refractivity contribution in [2.75, 3.05) is 6.61 Å². The summed E-state index contributed by atoms with van der Waals surface area (Å²) in [6.45, 7) is 10.00. The summed E-state index contributed by atoms with van der Waals surface area (Å²) in [5.74, 6) is 0.763. The van der Waals surface area contributed by atoms with Gasteiger partial charge in [0.1, 0.15) is 17.6 Å². The van der Waals surface area contributed by atoms with Crippen molar-refractivity contribution < 1.29 is 9.84 Å². The van der Waals surface area contributed by atoms with Gasteiger partial charge in [-0.3, -0.25) is 0 Å². The summed E-state index contributed by atoms with van der Waals surface area (Å²) in [7, 11) is 0. The molecule has 0 saturated carbocycles. The molecule has 0 aliphatic heterocycles. The van der Waals surface area contributed by atoms with Gasteiger partial charge in [-0.2, -0.15) is 0 Å².